The quantitative estimate of drug-likeness (QED) is 0.551. The molecule has 0 radical (unpaired) electrons. The molecule has 0 atom stereocenters. The van der Waals surface area contributed by atoms with E-state index in [9.17, 15) is 0 Å². The minimum atomic E-state index is 0.863. The van der Waals surface area contributed by atoms with Crippen molar-refractivity contribution in [3.05, 3.63) is 35.4 Å². The van der Waals surface area contributed by atoms with Crippen LogP contribution in [0.15, 0.2) is 24.3 Å². The molecule has 0 saturated heterocycles. The number of aryl methyl sites for hydroxylation is 1. The van der Waals surface area contributed by atoms with Crippen molar-refractivity contribution in [1.29, 1.82) is 0 Å². The van der Waals surface area contributed by atoms with Crippen molar-refractivity contribution in [2.75, 3.05) is 6.54 Å². The van der Waals surface area contributed by atoms with Crippen LogP contribution >= 0.6 is 0 Å². The van der Waals surface area contributed by atoms with Crippen LogP contribution in [-0.2, 0) is 13.0 Å². The Labute approximate surface area is 92.9 Å². The maximum absolute atomic E-state index is 5.18. The summed E-state index contributed by atoms with van der Waals surface area (Å²) in [7, 11) is 0. The van der Waals surface area contributed by atoms with Gasteiger partial charge in [-0.15, -0.1) is 12.3 Å². The maximum Gasteiger partial charge on any atom is 0.0205 e. The molecule has 1 aromatic carbocycles. The standard InChI is InChI=1S/C14H19N/c1-3-5-6-11-15-12-14-9-7-13(4-2)8-10-14/h1,7-10,15H,4-6,11-12H2,2H3. The van der Waals surface area contributed by atoms with Crippen LogP contribution in [0.1, 0.15) is 30.9 Å². The molecule has 0 amide bonds. The highest BCUT2D eigenvalue weighted by Crippen LogP contribution is 2.04. The van der Waals surface area contributed by atoms with E-state index in [-0.39, 0.29) is 0 Å². The molecule has 1 rings (SSSR count). The van der Waals surface area contributed by atoms with Crippen LogP contribution in [0.2, 0.25) is 0 Å². The minimum Gasteiger partial charge on any atom is -0.313 e. The Kier molecular flexibility index (Phi) is 5.58. The van der Waals surface area contributed by atoms with Gasteiger partial charge in [-0.05, 0) is 30.5 Å². The Balaban J connectivity index is 2.23. The van der Waals surface area contributed by atoms with Crippen LogP contribution in [0.25, 0.3) is 0 Å². The normalized spacial score (nSPS) is 9.87. The van der Waals surface area contributed by atoms with Crippen LogP contribution in [0.3, 0.4) is 0 Å². The van der Waals surface area contributed by atoms with Gasteiger partial charge in [0.15, 0.2) is 0 Å². The van der Waals surface area contributed by atoms with Crippen molar-refractivity contribution in [2.45, 2.75) is 32.7 Å². The smallest absolute Gasteiger partial charge is 0.0205 e. The van der Waals surface area contributed by atoms with E-state index >= 15 is 0 Å². The topological polar surface area (TPSA) is 12.0 Å². The number of terminal acetylenes is 1. The van der Waals surface area contributed by atoms with Gasteiger partial charge in [0.2, 0.25) is 0 Å². The van der Waals surface area contributed by atoms with Crippen molar-refractivity contribution < 1.29 is 0 Å². The van der Waals surface area contributed by atoms with Gasteiger partial charge in [0.25, 0.3) is 0 Å². The van der Waals surface area contributed by atoms with Gasteiger partial charge in [0.05, 0.1) is 0 Å². The van der Waals surface area contributed by atoms with Crippen molar-refractivity contribution in [2.24, 2.45) is 0 Å². The summed E-state index contributed by atoms with van der Waals surface area (Å²) in [5.74, 6) is 2.64. The number of hydrogen-bond donors (Lipinski definition) is 1. The van der Waals surface area contributed by atoms with E-state index in [0.29, 0.717) is 0 Å². The fourth-order valence-electron chi connectivity index (χ4n) is 1.44. The monoisotopic (exact) mass is 201 g/mol. The van der Waals surface area contributed by atoms with Gasteiger partial charge in [0, 0.05) is 13.0 Å². The summed E-state index contributed by atoms with van der Waals surface area (Å²) >= 11 is 0. The first-order valence-electron chi connectivity index (χ1n) is 5.58. The predicted molar refractivity (Wildman–Crippen MR) is 65.6 cm³/mol. The molecule has 0 fully saturated rings. The molecular formula is C14H19N. The van der Waals surface area contributed by atoms with Gasteiger partial charge in [-0.25, -0.2) is 0 Å². The van der Waals surface area contributed by atoms with Gasteiger partial charge in [-0.2, -0.15) is 0 Å². The predicted octanol–water partition coefficient (Wildman–Crippen LogP) is 2.75. The average molecular weight is 201 g/mol. The molecule has 1 aromatic rings. The zero-order chi connectivity index (χ0) is 10.9. The second-order valence-electron chi connectivity index (χ2n) is 3.65. The van der Waals surface area contributed by atoms with Gasteiger partial charge in [0.1, 0.15) is 0 Å². The van der Waals surface area contributed by atoms with Crippen molar-refractivity contribution >= 4 is 0 Å². The SMILES string of the molecule is C#CCCCNCc1ccc(CC)cc1. The maximum atomic E-state index is 5.18. The van der Waals surface area contributed by atoms with Gasteiger partial charge in [-0.1, -0.05) is 31.2 Å². The van der Waals surface area contributed by atoms with E-state index < -0.39 is 0 Å². The third-order valence-electron chi connectivity index (χ3n) is 2.44. The molecule has 1 heteroatoms. The number of benzene rings is 1. The molecule has 0 aliphatic heterocycles. The average Bonchev–Trinajstić information content (AvgIpc) is 2.30. The molecule has 0 saturated carbocycles. The molecule has 0 heterocycles. The Bertz CT molecular complexity index is 305. The lowest BCUT2D eigenvalue weighted by atomic mass is 10.1. The Hall–Kier alpha value is -1.26. The molecule has 80 valence electrons. The van der Waals surface area contributed by atoms with Gasteiger partial charge < -0.3 is 5.32 Å². The minimum absolute atomic E-state index is 0.863. The van der Waals surface area contributed by atoms with Gasteiger partial charge in [-0.3, -0.25) is 0 Å². The summed E-state index contributed by atoms with van der Waals surface area (Å²) in [4.78, 5) is 0. The second-order valence-corrected chi connectivity index (χ2v) is 3.65. The van der Waals surface area contributed by atoms with E-state index in [2.05, 4.69) is 42.4 Å². The Morgan fingerprint density at radius 2 is 1.87 bits per heavy atom. The first kappa shape index (κ1) is 11.8. The fraction of sp³-hybridized carbons (Fsp3) is 0.429. The second kappa shape index (κ2) is 7.09. The summed E-state index contributed by atoms with van der Waals surface area (Å²) in [5, 5.41) is 3.38. The van der Waals surface area contributed by atoms with Crippen molar-refractivity contribution in [3.8, 4) is 12.3 Å². The van der Waals surface area contributed by atoms with E-state index in [1.165, 1.54) is 11.1 Å². The van der Waals surface area contributed by atoms with Crippen LogP contribution in [-0.4, -0.2) is 6.54 Å². The highest BCUT2D eigenvalue weighted by molar-refractivity contribution is 5.22. The highest BCUT2D eigenvalue weighted by Gasteiger charge is 1.92. The van der Waals surface area contributed by atoms with E-state index in [4.69, 9.17) is 6.42 Å². The highest BCUT2D eigenvalue weighted by atomic mass is 14.8. The molecule has 0 aromatic heterocycles. The summed E-state index contributed by atoms with van der Waals surface area (Å²) in [6.45, 7) is 4.11. The molecule has 0 spiro atoms. The number of nitrogens with one attached hydrogen (secondary N) is 1. The molecule has 15 heavy (non-hydrogen) atoms. The Morgan fingerprint density at radius 1 is 1.20 bits per heavy atom. The molecule has 1 nitrogen and oxygen atoms in total. The first-order valence-corrected chi connectivity index (χ1v) is 5.58. The zero-order valence-corrected chi connectivity index (χ0v) is 9.42. The van der Waals surface area contributed by atoms with Crippen molar-refractivity contribution in [1.82, 2.24) is 5.32 Å². The molecule has 0 bridgehead atoms. The largest absolute Gasteiger partial charge is 0.313 e. The van der Waals surface area contributed by atoms with E-state index in [1.54, 1.807) is 0 Å². The Morgan fingerprint density at radius 3 is 2.47 bits per heavy atom. The fourth-order valence-corrected chi connectivity index (χ4v) is 1.44. The molecule has 0 unspecified atom stereocenters. The lowest BCUT2D eigenvalue weighted by molar-refractivity contribution is 0.659. The van der Waals surface area contributed by atoms with Crippen LogP contribution < -0.4 is 5.32 Å². The van der Waals surface area contributed by atoms with Gasteiger partial charge >= 0.3 is 0 Å². The lowest BCUT2D eigenvalue weighted by Gasteiger charge is -2.04. The zero-order valence-electron chi connectivity index (χ0n) is 9.42. The lowest BCUT2D eigenvalue weighted by Crippen LogP contribution is -2.14. The third kappa shape index (κ3) is 4.67. The van der Waals surface area contributed by atoms with E-state index in [1.807, 2.05) is 0 Å². The molecular weight excluding hydrogens is 182 g/mol. The number of rotatable bonds is 6. The van der Waals surface area contributed by atoms with Crippen LogP contribution in [0, 0.1) is 12.3 Å². The summed E-state index contributed by atoms with van der Waals surface area (Å²) < 4.78 is 0. The van der Waals surface area contributed by atoms with E-state index in [0.717, 1.165) is 32.4 Å². The number of hydrogen-bond acceptors (Lipinski definition) is 1. The molecule has 0 aliphatic carbocycles. The summed E-state index contributed by atoms with van der Waals surface area (Å²) in [5.41, 5.74) is 2.74. The number of unbranched alkanes of at least 4 members (excludes halogenated alkanes) is 1. The van der Waals surface area contributed by atoms with Crippen LogP contribution in [0.5, 0.6) is 0 Å². The molecule has 1 N–H and O–H groups in total. The third-order valence-corrected chi connectivity index (χ3v) is 2.44. The summed E-state index contributed by atoms with van der Waals surface area (Å²) in [6.07, 6.45) is 8.20. The van der Waals surface area contributed by atoms with Crippen LogP contribution in [0.4, 0.5) is 0 Å². The molecule has 0 aliphatic rings. The van der Waals surface area contributed by atoms with Crippen molar-refractivity contribution in [3.63, 3.8) is 0 Å². The summed E-state index contributed by atoms with van der Waals surface area (Å²) in [6, 6.07) is 8.76. The first-order chi connectivity index (χ1) is 7.36.